The molecule has 0 heterocycles. The van der Waals surface area contributed by atoms with Gasteiger partial charge in [0.2, 0.25) is 5.91 Å². The van der Waals surface area contributed by atoms with E-state index in [4.69, 9.17) is 11.6 Å². The van der Waals surface area contributed by atoms with Gasteiger partial charge in [-0.3, -0.25) is 9.69 Å². The number of aryl methyl sites for hydroxylation is 1. The summed E-state index contributed by atoms with van der Waals surface area (Å²) >= 11 is 6.44. The lowest BCUT2D eigenvalue weighted by Gasteiger charge is -2.25. The zero-order valence-electron chi connectivity index (χ0n) is 15.2. The van der Waals surface area contributed by atoms with Gasteiger partial charge >= 0.3 is 0 Å². The molecule has 0 fully saturated rings. The molecule has 25 heavy (non-hydrogen) atoms. The molecule has 132 valence electrons. The molecule has 0 aliphatic rings. The number of anilines is 2. The van der Waals surface area contributed by atoms with E-state index in [1.54, 1.807) is 11.2 Å². The maximum atomic E-state index is 12.6. The lowest BCUT2D eigenvalue weighted by Crippen LogP contribution is -2.25. The van der Waals surface area contributed by atoms with E-state index in [0.29, 0.717) is 17.1 Å². The summed E-state index contributed by atoms with van der Waals surface area (Å²) in [6.45, 7) is 6.74. The molecule has 0 radical (unpaired) electrons. The summed E-state index contributed by atoms with van der Waals surface area (Å²) in [7, 11) is 1.95. The quantitative estimate of drug-likeness (QED) is 0.517. The maximum absolute atomic E-state index is 12.6. The molecule has 0 N–H and O–H groups in total. The predicted octanol–water partition coefficient (Wildman–Crippen LogP) is 5.33. The van der Waals surface area contributed by atoms with Crippen LogP contribution >= 0.6 is 11.6 Å². The van der Waals surface area contributed by atoms with Crippen LogP contribution in [0.3, 0.4) is 0 Å². The van der Waals surface area contributed by atoms with Crippen molar-refractivity contribution in [2.24, 2.45) is 4.99 Å². The zero-order valence-corrected chi connectivity index (χ0v) is 15.9. The molecule has 2 rings (SSSR count). The number of aliphatic imine (C=N–C) groups is 1. The highest BCUT2D eigenvalue weighted by Crippen LogP contribution is 2.36. The molecule has 0 saturated heterocycles. The van der Waals surface area contributed by atoms with Crippen LogP contribution in [0.15, 0.2) is 47.5 Å². The number of para-hydroxylation sites is 1. The molecule has 2 aromatic carbocycles. The third kappa shape index (κ3) is 4.60. The molecule has 0 unspecified atom stereocenters. The van der Waals surface area contributed by atoms with Crippen molar-refractivity contribution < 1.29 is 4.79 Å². The van der Waals surface area contributed by atoms with Crippen molar-refractivity contribution >= 4 is 40.9 Å². The van der Waals surface area contributed by atoms with Crippen molar-refractivity contribution in [2.45, 2.75) is 27.2 Å². The molecule has 0 aromatic heterocycles. The maximum Gasteiger partial charge on any atom is 0.231 e. The number of benzene rings is 2. The largest absolute Gasteiger partial charge is 0.366 e. The highest BCUT2D eigenvalue weighted by molar-refractivity contribution is 6.33. The number of carbonyl (C=O) groups excluding carboxylic acids is 1. The standard InChI is InChI=1S/C20H24ClN3O/c1-5-20(25)24(16-10-8-7-9-11-16)19-13-17(21)18(12-15(19)3)22-14-23(4)6-2/h7-14H,5-6H2,1-4H3. The monoisotopic (exact) mass is 357 g/mol. The van der Waals surface area contributed by atoms with Crippen molar-refractivity contribution in [1.29, 1.82) is 0 Å². The molecule has 1 amide bonds. The van der Waals surface area contributed by atoms with Crippen molar-refractivity contribution in [1.82, 2.24) is 4.90 Å². The number of rotatable bonds is 6. The summed E-state index contributed by atoms with van der Waals surface area (Å²) in [6.07, 6.45) is 2.17. The van der Waals surface area contributed by atoms with E-state index in [9.17, 15) is 4.79 Å². The molecule has 0 aliphatic heterocycles. The van der Waals surface area contributed by atoms with Gasteiger partial charge in [0.15, 0.2) is 0 Å². The van der Waals surface area contributed by atoms with Gasteiger partial charge in [-0.2, -0.15) is 0 Å². The van der Waals surface area contributed by atoms with E-state index in [-0.39, 0.29) is 5.91 Å². The van der Waals surface area contributed by atoms with Crippen LogP contribution in [-0.4, -0.2) is 30.7 Å². The number of hydrogen-bond donors (Lipinski definition) is 0. The summed E-state index contributed by atoms with van der Waals surface area (Å²) in [5, 5.41) is 0.520. The molecule has 0 spiro atoms. The second kappa shape index (κ2) is 8.67. The lowest BCUT2D eigenvalue weighted by atomic mass is 10.1. The first kappa shape index (κ1) is 19.0. The number of hydrogen-bond acceptors (Lipinski definition) is 2. The van der Waals surface area contributed by atoms with E-state index in [1.165, 1.54) is 0 Å². The van der Waals surface area contributed by atoms with Crippen molar-refractivity contribution in [3.63, 3.8) is 0 Å². The summed E-state index contributed by atoms with van der Waals surface area (Å²) in [6, 6.07) is 13.3. The number of amides is 1. The van der Waals surface area contributed by atoms with E-state index >= 15 is 0 Å². The highest BCUT2D eigenvalue weighted by atomic mass is 35.5. The van der Waals surface area contributed by atoms with Crippen molar-refractivity contribution in [2.75, 3.05) is 18.5 Å². The Hall–Kier alpha value is -2.33. The van der Waals surface area contributed by atoms with Crippen LogP contribution in [0, 0.1) is 6.92 Å². The minimum absolute atomic E-state index is 0.0207. The van der Waals surface area contributed by atoms with Gasteiger partial charge in [0.25, 0.3) is 0 Å². The van der Waals surface area contributed by atoms with E-state index in [0.717, 1.165) is 23.5 Å². The Morgan fingerprint density at radius 2 is 1.88 bits per heavy atom. The molecule has 5 heteroatoms. The van der Waals surface area contributed by atoms with Gasteiger partial charge in [-0.15, -0.1) is 0 Å². The predicted molar refractivity (Wildman–Crippen MR) is 107 cm³/mol. The first-order valence-corrected chi connectivity index (χ1v) is 8.78. The van der Waals surface area contributed by atoms with Crippen LogP contribution in [0.4, 0.5) is 17.1 Å². The van der Waals surface area contributed by atoms with Crippen molar-refractivity contribution in [3.05, 3.63) is 53.1 Å². The van der Waals surface area contributed by atoms with Crippen LogP contribution in [0.2, 0.25) is 5.02 Å². The Bertz CT molecular complexity index is 759. The Morgan fingerprint density at radius 1 is 1.20 bits per heavy atom. The third-order valence-electron chi connectivity index (χ3n) is 3.97. The van der Waals surface area contributed by atoms with E-state index in [1.807, 2.05) is 68.3 Å². The molecule has 0 bridgehead atoms. The van der Waals surface area contributed by atoms with Gasteiger partial charge in [0, 0.05) is 25.7 Å². The number of nitrogens with zero attached hydrogens (tertiary/aromatic N) is 3. The Labute approximate surface area is 154 Å². The van der Waals surface area contributed by atoms with Crippen LogP contribution < -0.4 is 4.90 Å². The smallest absolute Gasteiger partial charge is 0.231 e. The average molecular weight is 358 g/mol. The SMILES string of the molecule is CCC(=O)N(c1ccccc1)c1cc(Cl)c(N=CN(C)CC)cc1C. The molecular formula is C20H24ClN3O. The topological polar surface area (TPSA) is 35.9 Å². The third-order valence-corrected chi connectivity index (χ3v) is 4.27. The van der Waals surface area contributed by atoms with Gasteiger partial charge < -0.3 is 4.90 Å². The second-order valence-corrected chi connectivity index (χ2v) is 6.23. The summed E-state index contributed by atoms with van der Waals surface area (Å²) in [4.78, 5) is 20.7. The zero-order chi connectivity index (χ0) is 18.4. The normalized spacial score (nSPS) is 10.9. The summed E-state index contributed by atoms with van der Waals surface area (Å²) < 4.78 is 0. The number of carbonyl (C=O) groups is 1. The molecule has 4 nitrogen and oxygen atoms in total. The van der Waals surface area contributed by atoms with Gasteiger partial charge in [0.05, 0.1) is 22.7 Å². The fraction of sp³-hybridized carbons (Fsp3) is 0.300. The molecule has 0 aliphatic carbocycles. The summed E-state index contributed by atoms with van der Waals surface area (Å²) in [5.41, 5.74) is 3.25. The van der Waals surface area contributed by atoms with Crippen LogP contribution in [0.1, 0.15) is 25.8 Å². The van der Waals surface area contributed by atoms with Crippen LogP contribution in [0.5, 0.6) is 0 Å². The second-order valence-electron chi connectivity index (χ2n) is 5.83. The minimum atomic E-state index is 0.0207. The van der Waals surface area contributed by atoms with Gasteiger partial charge in [-0.1, -0.05) is 36.7 Å². The highest BCUT2D eigenvalue weighted by Gasteiger charge is 2.19. The van der Waals surface area contributed by atoms with E-state index < -0.39 is 0 Å². The molecule has 0 atom stereocenters. The number of halogens is 1. The first-order chi connectivity index (χ1) is 12.0. The fourth-order valence-corrected chi connectivity index (χ4v) is 2.60. The fourth-order valence-electron chi connectivity index (χ4n) is 2.39. The van der Waals surface area contributed by atoms with Crippen molar-refractivity contribution in [3.8, 4) is 0 Å². The van der Waals surface area contributed by atoms with Gasteiger partial charge in [-0.25, -0.2) is 4.99 Å². The summed E-state index contributed by atoms with van der Waals surface area (Å²) in [5.74, 6) is 0.0207. The Balaban J connectivity index is 2.47. The first-order valence-electron chi connectivity index (χ1n) is 8.40. The lowest BCUT2D eigenvalue weighted by molar-refractivity contribution is -0.117. The van der Waals surface area contributed by atoms with Gasteiger partial charge in [-0.05, 0) is 43.7 Å². The van der Waals surface area contributed by atoms with E-state index in [2.05, 4.69) is 11.9 Å². The molecule has 0 saturated carbocycles. The minimum Gasteiger partial charge on any atom is -0.366 e. The van der Waals surface area contributed by atoms with Crippen LogP contribution in [-0.2, 0) is 4.79 Å². The Morgan fingerprint density at radius 3 is 2.48 bits per heavy atom. The molecule has 2 aromatic rings. The molecular weight excluding hydrogens is 334 g/mol. The average Bonchev–Trinajstić information content (AvgIpc) is 2.63. The van der Waals surface area contributed by atoms with Gasteiger partial charge in [0.1, 0.15) is 0 Å². The Kier molecular flexibility index (Phi) is 6.59. The van der Waals surface area contributed by atoms with Crippen LogP contribution in [0.25, 0.3) is 0 Å².